The molecule has 0 aromatic heterocycles. The summed E-state index contributed by atoms with van der Waals surface area (Å²) in [6.45, 7) is 0. The Balaban J connectivity index is 1.93. The largest absolute Gasteiger partial charge is 0.481 e. The van der Waals surface area contributed by atoms with E-state index in [0.29, 0.717) is 24.8 Å². The van der Waals surface area contributed by atoms with Gasteiger partial charge in [-0.3, -0.25) is 9.59 Å². The van der Waals surface area contributed by atoms with Gasteiger partial charge in [0.1, 0.15) is 17.7 Å². The average molecular weight is 400 g/mol. The van der Waals surface area contributed by atoms with Gasteiger partial charge < -0.3 is 15.3 Å². The summed E-state index contributed by atoms with van der Waals surface area (Å²) in [4.78, 5) is 22.6. The topological polar surface area (TPSA) is 94.8 Å². The number of ketones is 1. The van der Waals surface area contributed by atoms with Gasteiger partial charge in [0.2, 0.25) is 0 Å². The standard InChI is InChI=1S/C23H25FO5/c24-17-7-5-6-16(14-17)10-11-18(25)12-13-20-19(21(26)15-22(20)27)8-3-1-2-4-9-23(28)29/h1,3,5-7,12-14,18-20,22,25,27H,2,4,8-9,15H2,(H,28,29)/b3-1-,13-12+/t18?,19-,20-,22-/m1/s1. The van der Waals surface area contributed by atoms with E-state index in [1.807, 2.05) is 12.2 Å². The maximum Gasteiger partial charge on any atom is 0.303 e. The second kappa shape index (κ2) is 11.3. The van der Waals surface area contributed by atoms with E-state index in [1.165, 1.54) is 24.3 Å². The van der Waals surface area contributed by atoms with Gasteiger partial charge >= 0.3 is 5.97 Å². The molecule has 0 radical (unpaired) electrons. The first kappa shape index (κ1) is 22.5. The van der Waals surface area contributed by atoms with Crippen molar-refractivity contribution < 1.29 is 29.3 Å². The maximum absolute atomic E-state index is 13.1. The van der Waals surface area contributed by atoms with Crippen LogP contribution in [-0.2, 0) is 9.59 Å². The van der Waals surface area contributed by atoms with Gasteiger partial charge in [-0.15, -0.1) is 0 Å². The molecule has 0 saturated heterocycles. The number of carboxylic acid groups (broad SMARTS) is 1. The Morgan fingerprint density at radius 3 is 2.86 bits per heavy atom. The van der Waals surface area contributed by atoms with Crippen LogP contribution in [0.3, 0.4) is 0 Å². The van der Waals surface area contributed by atoms with Crippen molar-refractivity contribution in [1.29, 1.82) is 0 Å². The van der Waals surface area contributed by atoms with Crippen LogP contribution in [0.2, 0.25) is 0 Å². The molecule has 1 aliphatic carbocycles. The quantitative estimate of drug-likeness (QED) is 0.354. The molecule has 3 N–H and O–H groups in total. The van der Waals surface area contributed by atoms with Crippen LogP contribution in [0.1, 0.15) is 37.7 Å². The molecule has 29 heavy (non-hydrogen) atoms. The number of hydrogen-bond acceptors (Lipinski definition) is 4. The first-order valence-electron chi connectivity index (χ1n) is 9.58. The number of aliphatic carboxylic acids is 1. The van der Waals surface area contributed by atoms with E-state index in [9.17, 15) is 24.2 Å². The minimum absolute atomic E-state index is 0.0392. The van der Waals surface area contributed by atoms with Crippen LogP contribution in [0.5, 0.6) is 0 Å². The van der Waals surface area contributed by atoms with Crippen molar-refractivity contribution in [1.82, 2.24) is 0 Å². The van der Waals surface area contributed by atoms with Crippen LogP contribution in [0.25, 0.3) is 0 Å². The van der Waals surface area contributed by atoms with E-state index in [4.69, 9.17) is 5.11 Å². The van der Waals surface area contributed by atoms with Crippen LogP contribution >= 0.6 is 0 Å². The van der Waals surface area contributed by atoms with Gasteiger partial charge in [-0.05, 0) is 43.5 Å². The molecular weight excluding hydrogens is 375 g/mol. The summed E-state index contributed by atoms with van der Waals surface area (Å²) < 4.78 is 13.1. The molecule has 1 fully saturated rings. The number of aliphatic hydroxyl groups excluding tert-OH is 2. The third kappa shape index (κ3) is 7.65. The highest BCUT2D eigenvalue weighted by molar-refractivity contribution is 5.84. The summed E-state index contributed by atoms with van der Waals surface area (Å²) in [7, 11) is 0. The molecule has 1 aromatic carbocycles. The van der Waals surface area contributed by atoms with Gasteiger partial charge in [-0.2, -0.15) is 0 Å². The highest BCUT2D eigenvalue weighted by Gasteiger charge is 2.39. The molecular formula is C23H25FO5. The molecule has 154 valence electrons. The van der Waals surface area contributed by atoms with E-state index < -0.39 is 29.9 Å². The second-order valence-corrected chi connectivity index (χ2v) is 7.02. The zero-order valence-electron chi connectivity index (χ0n) is 16.0. The number of benzene rings is 1. The van der Waals surface area contributed by atoms with Crippen molar-refractivity contribution in [2.24, 2.45) is 11.8 Å². The number of carbonyl (C=O) groups excluding carboxylic acids is 1. The summed E-state index contributed by atoms with van der Waals surface area (Å²) in [5, 5.41) is 28.8. The lowest BCUT2D eigenvalue weighted by molar-refractivity contribution is -0.137. The molecule has 0 heterocycles. The summed E-state index contributed by atoms with van der Waals surface area (Å²) in [5.41, 5.74) is 0.444. The molecule has 1 aliphatic rings. The second-order valence-electron chi connectivity index (χ2n) is 7.02. The predicted molar refractivity (Wildman–Crippen MR) is 106 cm³/mol. The zero-order chi connectivity index (χ0) is 21.2. The number of Topliss-reactive ketones (excluding diaryl/α,β-unsaturated/α-hetero) is 1. The molecule has 0 amide bonds. The number of allylic oxidation sites excluding steroid dienone is 2. The van der Waals surface area contributed by atoms with Gasteiger partial charge in [0.15, 0.2) is 0 Å². The normalized spacial score (nSPS) is 22.7. The number of aliphatic hydroxyl groups is 2. The van der Waals surface area contributed by atoms with Gasteiger partial charge in [0.25, 0.3) is 0 Å². The fourth-order valence-corrected chi connectivity index (χ4v) is 3.26. The van der Waals surface area contributed by atoms with Crippen molar-refractivity contribution >= 4 is 11.8 Å². The van der Waals surface area contributed by atoms with Gasteiger partial charge in [0.05, 0.1) is 6.10 Å². The molecule has 1 aromatic rings. The minimum atomic E-state index is -1.10. The van der Waals surface area contributed by atoms with Crippen LogP contribution in [0, 0.1) is 29.5 Å². The van der Waals surface area contributed by atoms with Crippen molar-refractivity contribution in [3.05, 3.63) is 60.0 Å². The average Bonchev–Trinajstić information content (AvgIpc) is 2.93. The number of unbranched alkanes of at least 4 members (excludes halogenated alkanes) is 1. The Morgan fingerprint density at radius 2 is 2.14 bits per heavy atom. The number of carboxylic acids is 1. The van der Waals surface area contributed by atoms with Crippen LogP contribution < -0.4 is 0 Å². The fraction of sp³-hybridized carbons (Fsp3) is 0.391. The smallest absolute Gasteiger partial charge is 0.303 e. The SMILES string of the molecule is O=C(O)CCC/C=C\C[C@H]1C(=O)C[C@@H](O)[C@@H]1/C=C/C(O)C#Cc1cccc(F)c1. The van der Waals surface area contributed by atoms with Crippen molar-refractivity contribution in [2.45, 2.75) is 44.3 Å². The molecule has 1 unspecified atom stereocenters. The Labute approximate surface area is 169 Å². The summed E-state index contributed by atoms with van der Waals surface area (Å²) in [6, 6.07) is 5.73. The third-order valence-electron chi connectivity index (χ3n) is 4.76. The van der Waals surface area contributed by atoms with Crippen LogP contribution in [0.4, 0.5) is 4.39 Å². The van der Waals surface area contributed by atoms with E-state index in [0.717, 1.165) is 0 Å². The molecule has 1 saturated carbocycles. The van der Waals surface area contributed by atoms with Gasteiger partial charge in [-0.1, -0.05) is 36.1 Å². The van der Waals surface area contributed by atoms with Crippen molar-refractivity contribution in [3.63, 3.8) is 0 Å². The van der Waals surface area contributed by atoms with E-state index in [-0.39, 0.29) is 24.5 Å². The maximum atomic E-state index is 13.1. The summed E-state index contributed by atoms with van der Waals surface area (Å²) >= 11 is 0. The number of carbonyl (C=O) groups is 2. The monoisotopic (exact) mass is 400 g/mol. The molecule has 0 spiro atoms. The number of rotatable bonds is 8. The lowest BCUT2D eigenvalue weighted by Gasteiger charge is -2.16. The lowest BCUT2D eigenvalue weighted by Crippen LogP contribution is -2.18. The number of halogens is 1. The Hall–Kier alpha value is -2.75. The molecule has 2 rings (SSSR count). The first-order valence-corrected chi connectivity index (χ1v) is 9.58. The summed E-state index contributed by atoms with van der Waals surface area (Å²) in [5.74, 6) is 3.18. The van der Waals surface area contributed by atoms with Crippen LogP contribution in [-0.4, -0.2) is 39.3 Å². The van der Waals surface area contributed by atoms with Crippen LogP contribution in [0.15, 0.2) is 48.6 Å². The zero-order valence-corrected chi connectivity index (χ0v) is 16.0. The van der Waals surface area contributed by atoms with Gasteiger partial charge in [0, 0.05) is 30.2 Å². The van der Waals surface area contributed by atoms with Gasteiger partial charge in [-0.25, -0.2) is 4.39 Å². The van der Waals surface area contributed by atoms with Crippen molar-refractivity contribution in [3.8, 4) is 11.8 Å². The minimum Gasteiger partial charge on any atom is -0.481 e. The lowest BCUT2D eigenvalue weighted by atomic mass is 9.90. The fourth-order valence-electron chi connectivity index (χ4n) is 3.26. The van der Waals surface area contributed by atoms with E-state index in [2.05, 4.69) is 11.8 Å². The molecule has 5 nitrogen and oxygen atoms in total. The third-order valence-corrected chi connectivity index (χ3v) is 4.76. The predicted octanol–water partition coefficient (Wildman–Crippen LogP) is 2.86. The molecule has 0 aliphatic heterocycles. The first-order chi connectivity index (χ1) is 13.9. The highest BCUT2D eigenvalue weighted by Crippen LogP contribution is 2.33. The van der Waals surface area contributed by atoms with E-state index in [1.54, 1.807) is 12.1 Å². The van der Waals surface area contributed by atoms with E-state index >= 15 is 0 Å². The summed E-state index contributed by atoms with van der Waals surface area (Å²) in [6.07, 6.45) is 6.58. The molecule has 4 atom stereocenters. The molecule has 0 bridgehead atoms. The Bertz CT molecular complexity index is 833. The highest BCUT2D eigenvalue weighted by atomic mass is 19.1. The number of hydrogen-bond donors (Lipinski definition) is 3. The Kier molecular flexibility index (Phi) is 8.78. The Morgan fingerprint density at radius 1 is 1.34 bits per heavy atom. The molecule has 6 heteroatoms. The van der Waals surface area contributed by atoms with Crippen molar-refractivity contribution in [2.75, 3.05) is 0 Å².